The van der Waals surface area contributed by atoms with Crippen LogP contribution < -0.4 is 0 Å². The average Bonchev–Trinajstić information content (AvgIpc) is 3.17. The van der Waals surface area contributed by atoms with Crippen LogP contribution >= 0.6 is 11.6 Å². The van der Waals surface area contributed by atoms with E-state index in [4.69, 9.17) is 16.3 Å². The summed E-state index contributed by atoms with van der Waals surface area (Å²) < 4.78 is 23.1. The van der Waals surface area contributed by atoms with Gasteiger partial charge in [0, 0.05) is 37.8 Å². The molecule has 1 fully saturated rings. The van der Waals surface area contributed by atoms with Crippen molar-refractivity contribution >= 4 is 23.0 Å². The summed E-state index contributed by atoms with van der Waals surface area (Å²) in [4.78, 5) is 23.7. The van der Waals surface area contributed by atoms with Crippen molar-refractivity contribution in [2.24, 2.45) is 0 Å². The van der Waals surface area contributed by atoms with Crippen LogP contribution in [-0.4, -0.2) is 51.0 Å². The molecule has 0 saturated carbocycles. The molecule has 6 nitrogen and oxygen atoms in total. The number of halogens is 2. The highest BCUT2D eigenvalue weighted by atomic mass is 35.5. The number of allylic oxidation sites excluding steroid dienone is 4. The summed E-state index contributed by atoms with van der Waals surface area (Å²) in [6, 6.07) is 0. The fourth-order valence-electron chi connectivity index (χ4n) is 4.07. The predicted octanol–water partition coefficient (Wildman–Crippen LogP) is 5.87. The zero-order chi connectivity index (χ0) is 24.8. The van der Waals surface area contributed by atoms with E-state index < -0.39 is 5.83 Å². The molecule has 0 aliphatic carbocycles. The number of likely N-dealkylation sites (tertiary alicyclic amines) is 1. The molecular weight excluding hydrogens is 455 g/mol. The largest absolute Gasteiger partial charge is 0.378 e. The lowest BCUT2D eigenvalue weighted by Gasteiger charge is -2.28. The average molecular weight is 489 g/mol. The summed E-state index contributed by atoms with van der Waals surface area (Å²) in [5, 5.41) is -0.138. The summed E-state index contributed by atoms with van der Waals surface area (Å²) >= 11 is 6.42. The highest BCUT2D eigenvalue weighted by Crippen LogP contribution is 2.30. The first-order valence-electron chi connectivity index (χ1n) is 11.8. The third kappa shape index (κ3) is 6.13. The Morgan fingerprint density at radius 2 is 2.00 bits per heavy atom. The van der Waals surface area contributed by atoms with Gasteiger partial charge < -0.3 is 9.64 Å². The van der Waals surface area contributed by atoms with Crippen LogP contribution in [0, 0.1) is 6.92 Å². The molecule has 0 aromatic carbocycles. The van der Waals surface area contributed by atoms with Gasteiger partial charge in [-0.2, -0.15) is 0 Å². The Bertz CT molecular complexity index is 1100. The number of piperidine rings is 1. The van der Waals surface area contributed by atoms with Gasteiger partial charge in [-0.3, -0.25) is 14.2 Å². The molecule has 0 spiro atoms. The predicted molar refractivity (Wildman–Crippen MR) is 133 cm³/mol. The van der Waals surface area contributed by atoms with Crippen LogP contribution in [0.3, 0.4) is 0 Å². The zero-order valence-corrected chi connectivity index (χ0v) is 21.2. The van der Waals surface area contributed by atoms with E-state index in [9.17, 15) is 4.79 Å². The first-order valence-corrected chi connectivity index (χ1v) is 12.2. The first kappa shape index (κ1) is 26.1. The summed E-state index contributed by atoms with van der Waals surface area (Å²) in [5.41, 5.74) is 2.39. The van der Waals surface area contributed by atoms with Crippen molar-refractivity contribution in [3.63, 3.8) is 0 Å². The molecule has 2 aromatic heterocycles. The van der Waals surface area contributed by atoms with E-state index in [1.807, 2.05) is 38.3 Å². The standard InChI is InChI=1S/C26H34ClFN4O2/c1-17(2)34-14-9-21(26(33)31-11-7-6-8-12-31)24(28)22(27)15-18(3)19(4)25-30-20(5)23-16-29-10-13-32(23)25/h10,13,15-17,19H,3,6-9,11-12,14H2,1-2,4-5H3/b22-15+,24-21-/t19-/m0/s1. The molecule has 1 aliphatic heterocycles. The number of imidazole rings is 1. The van der Waals surface area contributed by atoms with Crippen LogP contribution in [0.1, 0.15) is 63.9 Å². The number of fused-ring (bicyclic) bond motifs is 1. The third-order valence-corrected chi connectivity index (χ3v) is 6.37. The lowest BCUT2D eigenvalue weighted by molar-refractivity contribution is -0.128. The molecule has 3 rings (SSSR count). The minimum Gasteiger partial charge on any atom is -0.378 e. The summed E-state index contributed by atoms with van der Waals surface area (Å²) in [6.07, 6.45) is 9.85. The molecule has 0 radical (unpaired) electrons. The molecule has 0 bridgehead atoms. The minimum atomic E-state index is -0.716. The number of aromatic nitrogens is 3. The third-order valence-electron chi connectivity index (χ3n) is 6.09. The molecule has 1 amide bonds. The SMILES string of the molecule is C=C(/C=C(Cl)\C(F)=C(/CCOC(C)C)C(=O)N1CCCCC1)[C@H](C)c1nc(C)c2cnccn12. The number of nitrogens with zero attached hydrogens (tertiary/aromatic N) is 4. The van der Waals surface area contributed by atoms with Gasteiger partial charge in [0.1, 0.15) is 5.82 Å². The van der Waals surface area contributed by atoms with Crippen molar-refractivity contribution < 1.29 is 13.9 Å². The fraction of sp³-hybridized carbons (Fsp3) is 0.500. The maximum Gasteiger partial charge on any atom is 0.252 e. The van der Waals surface area contributed by atoms with E-state index in [2.05, 4.69) is 16.5 Å². The number of amides is 1. The van der Waals surface area contributed by atoms with Gasteiger partial charge in [0.2, 0.25) is 0 Å². The van der Waals surface area contributed by atoms with E-state index in [1.165, 1.54) is 6.08 Å². The van der Waals surface area contributed by atoms with Crippen molar-refractivity contribution in [3.8, 4) is 0 Å². The fourth-order valence-corrected chi connectivity index (χ4v) is 4.33. The second-order valence-corrected chi connectivity index (χ2v) is 9.40. The minimum absolute atomic E-state index is 0.0101. The second-order valence-electron chi connectivity index (χ2n) is 8.99. The lowest BCUT2D eigenvalue weighted by Crippen LogP contribution is -2.37. The maximum absolute atomic E-state index is 15.6. The Morgan fingerprint density at radius 1 is 1.29 bits per heavy atom. The Kier molecular flexibility index (Phi) is 9.03. The Hall–Kier alpha value is -2.51. The van der Waals surface area contributed by atoms with E-state index in [0.29, 0.717) is 18.7 Å². The molecule has 1 atom stereocenters. The van der Waals surface area contributed by atoms with Gasteiger partial charge >= 0.3 is 0 Å². The molecule has 8 heteroatoms. The molecule has 34 heavy (non-hydrogen) atoms. The van der Waals surface area contributed by atoms with E-state index in [1.54, 1.807) is 17.3 Å². The molecule has 0 N–H and O–H groups in total. The summed E-state index contributed by atoms with van der Waals surface area (Å²) in [6.45, 7) is 13.3. The van der Waals surface area contributed by atoms with Crippen LogP contribution in [0.2, 0.25) is 0 Å². The number of rotatable bonds is 9. The van der Waals surface area contributed by atoms with E-state index >= 15 is 4.39 Å². The monoisotopic (exact) mass is 488 g/mol. The summed E-state index contributed by atoms with van der Waals surface area (Å²) in [7, 11) is 0. The molecule has 1 saturated heterocycles. The van der Waals surface area contributed by atoms with Gasteiger partial charge in [-0.15, -0.1) is 0 Å². The van der Waals surface area contributed by atoms with Crippen molar-refractivity contribution in [2.75, 3.05) is 19.7 Å². The number of carbonyl (C=O) groups is 1. The number of ether oxygens (including phenoxy) is 1. The van der Waals surface area contributed by atoms with Gasteiger partial charge in [-0.25, -0.2) is 9.37 Å². The summed E-state index contributed by atoms with van der Waals surface area (Å²) in [5.74, 6) is -0.487. The maximum atomic E-state index is 15.6. The topological polar surface area (TPSA) is 59.7 Å². The van der Waals surface area contributed by atoms with Gasteiger partial charge in [-0.05, 0) is 51.7 Å². The van der Waals surface area contributed by atoms with Gasteiger partial charge in [-0.1, -0.05) is 25.1 Å². The molecule has 0 unspecified atom stereocenters. The van der Waals surface area contributed by atoms with E-state index in [0.717, 1.165) is 36.3 Å². The highest BCUT2D eigenvalue weighted by molar-refractivity contribution is 6.32. The smallest absolute Gasteiger partial charge is 0.252 e. The normalized spacial score (nSPS) is 16.7. The van der Waals surface area contributed by atoms with E-state index in [-0.39, 0.29) is 41.6 Å². The van der Waals surface area contributed by atoms with Crippen molar-refractivity contribution in [2.45, 2.75) is 65.4 Å². The van der Waals surface area contributed by atoms with Crippen LogP contribution in [0.15, 0.2) is 53.3 Å². The number of hydrogen-bond donors (Lipinski definition) is 0. The second kappa shape index (κ2) is 11.8. The van der Waals surface area contributed by atoms with Gasteiger partial charge in [0.05, 0.1) is 40.7 Å². The number of carbonyl (C=O) groups excluding carboxylic acids is 1. The Morgan fingerprint density at radius 3 is 2.68 bits per heavy atom. The number of hydrogen-bond acceptors (Lipinski definition) is 4. The molecule has 2 aromatic rings. The highest BCUT2D eigenvalue weighted by Gasteiger charge is 2.25. The molecular formula is C26H34ClFN4O2. The lowest BCUT2D eigenvalue weighted by atomic mass is 10.0. The van der Waals surface area contributed by atoms with Gasteiger partial charge in [0.25, 0.3) is 5.91 Å². The van der Waals surface area contributed by atoms with Crippen LogP contribution in [0.4, 0.5) is 4.39 Å². The zero-order valence-electron chi connectivity index (χ0n) is 20.5. The molecule has 184 valence electrons. The van der Waals surface area contributed by atoms with Crippen LogP contribution in [0.5, 0.6) is 0 Å². The Labute approximate surface area is 206 Å². The Balaban J connectivity index is 1.87. The number of aryl methyl sites for hydroxylation is 1. The van der Waals surface area contributed by atoms with Crippen molar-refractivity contribution in [1.82, 2.24) is 19.3 Å². The quantitative estimate of drug-likeness (QED) is 0.327. The first-order chi connectivity index (χ1) is 16.2. The van der Waals surface area contributed by atoms with Crippen LogP contribution in [0.25, 0.3) is 5.52 Å². The molecule has 1 aliphatic rings. The van der Waals surface area contributed by atoms with Crippen molar-refractivity contribution in [1.29, 1.82) is 0 Å². The van der Waals surface area contributed by atoms with Crippen LogP contribution in [-0.2, 0) is 9.53 Å². The van der Waals surface area contributed by atoms with Gasteiger partial charge in [0.15, 0.2) is 5.83 Å². The molecule has 3 heterocycles. The van der Waals surface area contributed by atoms with Crippen molar-refractivity contribution in [3.05, 3.63) is 64.8 Å².